The first-order valence-corrected chi connectivity index (χ1v) is 5.76. The van der Waals surface area contributed by atoms with Crippen molar-refractivity contribution in [2.75, 3.05) is 0 Å². The quantitative estimate of drug-likeness (QED) is 0.769. The molecule has 0 N–H and O–H groups in total. The van der Waals surface area contributed by atoms with Crippen LogP contribution in [0.1, 0.15) is 16.1 Å². The smallest absolute Gasteiger partial charge is 0.212 e. The summed E-state index contributed by atoms with van der Waals surface area (Å²) in [6.45, 7) is 0. The van der Waals surface area contributed by atoms with E-state index >= 15 is 0 Å². The van der Waals surface area contributed by atoms with Gasteiger partial charge in [0.2, 0.25) is 5.78 Å². The minimum atomic E-state index is -0.144. The minimum Gasteiger partial charge on any atom is -0.287 e. The summed E-state index contributed by atoms with van der Waals surface area (Å²) >= 11 is 12.9. The molecule has 1 heterocycles. The summed E-state index contributed by atoms with van der Waals surface area (Å²) in [5.74, 6) is -0.144. The third-order valence-electron chi connectivity index (χ3n) is 1.85. The maximum Gasteiger partial charge on any atom is 0.212 e. The highest BCUT2D eigenvalue weighted by Gasteiger charge is 2.12. The lowest BCUT2D eigenvalue weighted by atomic mass is 10.1. The molecule has 0 aliphatic rings. The standard InChI is InChI=1S/C10H5Cl2NOS/c11-7-2-1-6(3-8(7)12)10(14)9-4-15-5-13-9/h1-5H. The third kappa shape index (κ3) is 2.20. The van der Waals surface area contributed by atoms with Crippen LogP contribution in [0.5, 0.6) is 0 Å². The zero-order valence-electron chi connectivity index (χ0n) is 7.41. The summed E-state index contributed by atoms with van der Waals surface area (Å²) in [5.41, 5.74) is 2.54. The van der Waals surface area contributed by atoms with E-state index in [0.717, 1.165) is 0 Å². The predicted molar refractivity (Wildman–Crippen MR) is 62.0 cm³/mol. The second kappa shape index (κ2) is 4.31. The first-order chi connectivity index (χ1) is 7.18. The topological polar surface area (TPSA) is 30.0 Å². The maximum absolute atomic E-state index is 11.8. The Hall–Kier alpha value is -0.900. The van der Waals surface area contributed by atoms with Gasteiger partial charge in [-0.2, -0.15) is 0 Å². The predicted octanol–water partition coefficient (Wildman–Crippen LogP) is 3.68. The number of carbonyl (C=O) groups excluding carboxylic acids is 1. The van der Waals surface area contributed by atoms with Gasteiger partial charge in [0.05, 0.1) is 15.6 Å². The molecule has 76 valence electrons. The third-order valence-corrected chi connectivity index (χ3v) is 3.17. The van der Waals surface area contributed by atoms with E-state index in [1.54, 1.807) is 29.1 Å². The average Bonchev–Trinajstić information content (AvgIpc) is 2.74. The number of nitrogens with zero attached hydrogens (tertiary/aromatic N) is 1. The molecule has 2 rings (SSSR count). The highest BCUT2D eigenvalue weighted by atomic mass is 35.5. The Balaban J connectivity index is 2.39. The van der Waals surface area contributed by atoms with Crippen molar-refractivity contribution in [2.24, 2.45) is 0 Å². The van der Waals surface area contributed by atoms with Crippen LogP contribution >= 0.6 is 34.5 Å². The Morgan fingerprint density at radius 2 is 2.07 bits per heavy atom. The van der Waals surface area contributed by atoms with Gasteiger partial charge < -0.3 is 0 Å². The summed E-state index contributed by atoms with van der Waals surface area (Å²) in [4.78, 5) is 15.8. The van der Waals surface area contributed by atoms with E-state index in [4.69, 9.17) is 23.2 Å². The summed E-state index contributed by atoms with van der Waals surface area (Å²) in [7, 11) is 0. The van der Waals surface area contributed by atoms with Crippen LogP contribution in [0.25, 0.3) is 0 Å². The normalized spacial score (nSPS) is 10.3. The van der Waals surface area contributed by atoms with Gasteiger partial charge in [0.15, 0.2) is 0 Å². The van der Waals surface area contributed by atoms with Crippen LogP contribution < -0.4 is 0 Å². The average molecular weight is 258 g/mol. The van der Waals surface area contributed by atoms with E-state index in [0.29, 0.717) is 21.3 Å². The Labute approximate surface area is 100 Å². The Morgan fingerprint density at radius 1 is 1.27 bits per heavy atom. The van der Waals surface area contributed by atoms with E-state index in [-0.39, 0.29) is 5.78 Å². The van der Waals surface area contributed by atoms with Crippen LogP contribution in [0.4, 0.5) is 0 Å². The molecule has 5 heteroatoms. The molecule has 0 atom stereocenters. The summed E-state index contributed by atoms with van der Waals surface area (Å²) in [6, 6.07) is 4.78. The van der Waals surface area contributed by atoms with Crippen LogP contribution in [0.3, 0.4) is 0 Å². The summed E-state index contributed by atoms with van der Waals surface area (Å²) < 4.78 is 0. The second-order valence-electron chi connectivity index (χ2n) is 2.83. The Bertz CT molecular complexity index is 496. The zero-order valence-corrected chi connectivity index (χ0v) is 9.73. The number of thiazole rings is 1. The minimum absolute atomic E-state index is 0.144. The Kier molecular flexibility index (Phi) is 3.05. The monoisotopic (exact) mass is 257 g/mol. The molecule has 0 saturated carbocycles. The molecule has 0 bridgehead atoms. The van der Waals surface area contributed by atoms with Crippen LogP contribution in [-0.4, -0.2) is 10.8 Å². The van der Waals surface area contributed by atoms with E-state index in [9.17, 15) is 4.79 Å². The lowest BCUT2D eigenvalue weighted by Gasteiger charge is -1.99. The lowest BCUT2D eigenvalue weighted by molar-refractivity contribution is 0.103. The molecule has 1 aromatic carbocycles. The van der Waals surface area contributed by atoms with Gasteiger partial charge in [-0.15, -0.1) is 11.3 Å². The van der Waals surface area contributed by atoms with Crippen molar-refractivity contribution in [3.63, 3.8) is 0 Å². The zero-order chi connectivity index (χ0) is 10.8. The second-order valence-corrected chi connectivity index (χ2v) is 4.36. The van der Waals surface area contributed by atoms with Gasteiger partial charge in [0.25, 0.3) is 0 Å². The number of rotatable bonds is 2. The fraction of sp³-hybridized carbons (Fsp3) is 0. The first-order valence-electron chi connectivity index (χ1n) is 4.06. The molecular formula is C10H5Cl2NOS. The molecule has 2 aromatic rings. The number of benzene rings is 1. The largest absolute Gasteiger partial charge is 0.287 e. The van der Waals surface area contributed by atoms with Crippen molar-refractivity contribution in [3.8, 4) is 0 Å². The molecule has 0 unspecified atom stereocenters. The molecule has 15 heavy (non-hydrogen) atoms. The van der Waals surface area contributed by atoms with Crippen LogP contribution in [0.2, 0.25) is 10.0 Å². The van der Waals surface area contributed by atoms with Gasteiger partial charge >= 0.3 is 0 Å². The van der Waals surface area contributed by atoms with Gasteiger partial charge in [-0.3, -0.25) is 4.79 Å². The number of ketones is 1. The number of hydrogen-bond acceptors (Lipinski definition) is 3. The van der Waals surface area contributed by atoms with Crippen molar-refractivity contribution >= 4 is 40.3 Å². The lowest BCUT2D eigenvalue weighted by Crippen LogP contribution is -2.01. The first kappa shape index (κ1) is 10.6. The molecular weight excluding hydrogens is 253 g/mol. The maximum atomic E-state index is 11.8. The van der Waals surface area contributed by atoms with Crippen molar-refractivity contribution < 1.29 is 4.79 Å². The fourth-order valence-electron chi connectivity index (χ4n) is 1.11. The summed E-state index contributed by atoms with van der Waals surface area (Å²) in [6.07, 6.45) is 0. The fourth-order valence-corrected chi connectivity index (χ4v) is 1.94. The van der Waals surface area contributed by atoms with Crippen LogP contribution in [0.15, 0.2) is 29.1 Å². The van der Waals surface area contributed by atoms with Gasteiger partial charge in [-0.25, -0.2) is 4.98 Å². The molecule has 0 fully saturated rings. The van der Waals surface area contributed by atoms with Gasteiger partial charge in [-0.05, 0) is 18.2 Å². The Morgan fingerprint density at radius 3 is 2.67 bits per heavy atom. The van der Waals surface area contributed by atoms with Crippen molar-refractivity contribution in [2.45, 2.75) is 0 Å². The molecule has 0 saturated heterocycles. The highest BCUT2D eigenvalue weighted by molar-refractivity contribution is 7.07. The number of aromatic nitrogens is 1. The molecule has 0 amide bonds. The SMILES string of the molecule is O=C(c1ccc(Cl)c(Cl)c1)c1cscn1. The van der Waals surface area contributed by atoms with E-state index in [1.165, 1.54) is 11.3 Å². The summed E-state index contributed by atoms with van der Waals surface area (Å²) in [5, 5.41) is 2.51. The van der Waals surface area contributed by atoms with Crippen molar-refractivity contribution in [1.82, 2.24) is 4.98 Å². The number of carbonyl (C=O) groups is 1. The van der Waals surface area contributed by atoms with E-state index < -0.39 is 0 Å². The molecule has 1 aromatic heterocycles. The highest BCUT2D eigenvalue weighted by Crippen LogP contribution is 2.23. The molecule has 0 spiro atoms. The molecule has 0 aliphatic carbocycles. The van der Waals surface area contributed by atoms with Gasteiger partial charge in [-0.1, -0.05) is 23.2 Å². The van der Waals surface area contributed by atoms with Crippen molar-refractivity contribution in [1.29, 1.82) is 0 Å². The van der Waals surface area contributed by atoms with Crippen molar-refractivity contribution in [3.05, 3.63) is 50.4 Å². The number of halogens is 2. The number of hydrogen-bond donors (Lipinski definition) is 0. The van der Waals surface area contributed by atoms with Gasteiger partial charge in [0.1, 0.15) is 5.69 Å². The molecule has 2 nitrogen and oxygen atoms in total. The van der Waals surface area contributed by atoms with Crippen LogP contribution in [0, 0.1) is 0 Å². The van der Waals surface area contributed by atoms with Gasteiger partial charge in [0, 0.05) is 10.9 Å². The molecule has 0 aliphatic heterocycles. The molecule has 0 radical (unpaired) electrons. The van der Waals surface area contributed by atoms with E-state index in [2.05, 4.69) is 4.98 Å². The van der Waals surface area contributed by atoms with Crippen LogP contribution in [-0.2, 0) is 0 Å². The van der Waals surface area contributed by atoms with E-state index in [1.807, 2.05) is 0 Å².